The number of aliphatic carboxylic acids is 1. The van der Waals surface area contributed by atoms with E-state index in [2.05, 4.69) is 10.1 Å². The number of nitrogens with two attached hydrogens (primary N) is 1. The molecule has 1 aromatic rings. The molecule has 1 rings (SSSR count). The fourth-order valence-corrected chi connectivity index (χ4v) is 1.63. The summed E-state index contributed by atoms with van der Waals surface area (Å²) in [5.41, 5.74) is 5.64. The average Bonchev–Trinajstić information content (AvgIpc) is 2.44. The van der Waals surface area contributed by atoms with Crippen LogP contribution in [0.2, 0.25) is 0 Å². The van der Waals surface area contributed by atoms with Gasteiger partial charge in [0.25, 0.3) is 0 Å². The molecular weight excluding hydrogens is 264 g/mol. The summed E-state index contributed by atoms with van der Waals surface area (Å²) in [6.45, 7) is 0.0725. The fraction of sp³-hybridized carbons (Fsp3) is 0.308. The molecule has 7 nitrogen and oxygen atoms in total. The first-order valence-electron chi connectivity index (χ1n) is 5.92. The number of anilines is 1. The largest absolute Gasteiger partial charge is 0.481 e. The van der Waals surface area contributed by atoms with E-state index in [4.69, 9.17) is 10.8 Å². The maximum absolute atomic E-state index is 11.9. The summed E-state index contributed by atoms with van der Waals surface area (Å²) < 4.78 is 4.59. The van der Waals surface area contributed by atoms with Crippen molar-refractivity contribution < 1.29 is 24.2 Å². The predicted molar refractivity (Wildman–Crippen MR) is 71.2 cm³/mol. The van der Waals surface area contributed by atoms with E-state index in [1.165, 1.54) is 19.2 Å². The van der Waals surface area contributed by atoms with Gasteiger partial charge in [-0.1, -0.05) is 12.1 Å². The molecule has 7 heteroatoms. The molecule has 0 saturated heterocycles. The summed E-state index contributed by atoms with van der Waals surface area (Å²) in [7, 11) is 1.22. The SMILES string of the molecule is COC(=O)c1ccccc1NC(=O)C(CCN)C(=O)O. The molecule has 0 spiro atoms. The average molecular weight is 280 g/mol. The van der Waals surface area contributed by atoms with Crippen LogP contribution in [-0.4, -0.2) is 36.6 Å². The molecule has 0 aliphatic rings. The number of para-hydroxylation sites is 1. The Labute approximate surface area is 115 Å². The van der Waals surface area contributed by atoms with Gasteiger partial charge in [-0.05, 0) is 25.1 Å². The zero-order chi connectivity index (χ0) is 15.1. The number of hydrogen-bond acceptors (Lipinski definition) is 5. The van der Waals surface area contributed by atoms with E-state index in [9.17, 15) is 14.4 Å². The third kappa shape index (κ3) is 3.79. The van der Waals surface area contributed by atoms with Gasteiger partial charge >= 0.3 is 11.9 Å². The molecule has 0 radical (unpaired) electrons. The highest BCUT2D eigenvalue weighted by Gasteiger charge is 2.26. The van der Waals surface area contributed by atoms with Crippen LogP contribution < -0.4 is 11.1 Å². The number of carboxylic acids is 1. The Balaban J connectivity index is 2.95. The molecule has 4 N–H and O–H groups in total. The van der Waals surface area contributed by atoms with Gasteiger partial charge in [0.2, 0.25) is 5.91 Å². The number of carbonyl (C=O) groups is 3. The van der Waals surface area contributed by atoms with Crippen LogP contribution in [0.25, 0.3) is 0 Å². The first kappa shape index (κ1) is 15.6. The van der Waals surface area contributed by atoms with Crippen LogP contribution in [0.3, 0.4) is 0 Å². The molecule has 0 saturated carbocycles. The number of amides is 1. The zero-order valence-electron chi connectivity index (χ0n) is 11.0. The molecular formula is C13H16N2O5. The second kappa shape index (κ2) is 7.25. The van der Waals surface area contributed by atoms with Crippen molar-refractivity contribution in [2.24, 2.45) is 11.7 Å². The number of benzene rings is 1. The summed E-state index contributed by atoms with van der Waals surface area (Å²) in [5.74, 6) is -3.86. The fourth-order valence-electron chi connectivity index (χ4n) is 1.63. The van der Waals surface area contributed by atoms with Crippen molar-refractivity contribution in [2.45, 2.75) is 6.42 Å². The van der Waals surface area contributed by atoms with Gasteiger partial charge in [-0.15, -0.1) is 0 Å². The number of hydrogen-bond donors (Lipinski definition) is 3. The summed E-state index contributed by atoms with van der Waals surface area (Å²) >= 11 is 0. The van der Waals surface area contributed by atoms with Crippen molar-refractivity contribution in [1.29, 1.82) is 0 Å². The lowest BCUT2D eigenvalue weighted by Crippen LogP contribution is -2.31. The number of carbonyl (C=O) groups excluding carboxylic acids is 2. The van der Waals surface area contributed by atoms with Gasteiger partial charge < -0.3 is 20.9 Å². The first-order chi connectivity index (χ1) is 9.51. The van der Waals surface area contributed by atoms with Crippen LogP contribution in [0.5, 0.6) is 0 Å². The van der Waals surface area contributed by atoms with E-state index in [-0.39, 0.29) is 24.2 Å². The Hall–Kier alpha value is -2.41. The predicted octanol–water partition coefficient (Wildman–Crippen LogP) is 0.461. The molecule has 1 aromatic carbocycles. The number of esters is 1. The minimum absolute atomic E-state index is 0.0154. The summed E-state index contributed by atoms with van der Waals surface area (Å²) in [6.07, 6.45) is 0.0154. The number of carboxylic acid groups (broad SMARTS) is 1. The number of ether oxygens (including phenoxy) is 1. The standard InChI is InChI=1S/C13H16N2O5/c1-20-13(19)8-4-2-3-5-10(8)15-11(16)9(6-7-14)12(17)18/h2-5,9H,6-7,14H2,1H3,(H,15,16)(H,17,18). The number of nitrogens with one attached hydrogen (secondary N) is 1. The molecule has 1 amide bonds. The topological polar surface area (TPSA) is 119 Å². The minimum atomic E-state index is -1.26. The van der Waals surface area contributed by atoms with Crippen LogP contribution in [0.1, 0.15) is 16.8 Å². The van der Waals surface area contributed by atoms with Gasteiger partial charge in [0.15, 0.2) is 0 Å². The number of methoxy groups -OCH3 is 1. The normalized spacial score (nSPS) is 11.5. The molecule has 1 unspecified atom stereocenters. The Morgan fingerprint density at radius 3 is 2.55 bits per heavy atom. The van der Waals surface area contributed by atoms with Crippen LogP contribution in [0.4, 0.5) is 5.69 Å². The first-order valence-corrected chi connectivity index (χ1v) is 5.92. The van der Waals surface area contributed by atoms with Crippen LogP contribution in [0, 0.1) is 5.92 Å². The quantitative estimate of drug-likeness (QED) is 0.514. The molecule has 108 valence electrons. The van der Waals surface area contributed by atoms with Crippen molar-refractivity contribution in [1.82, 2.24) is 0 Å². The lowest BCUT2D eigenvalue weighted by molar-refractivity contribution is -0.145. The van der Waals surface area contributed by atoms with Crippen molar-refractivity contribution in [3.8, 4) is 0 Å². The van der Waals surface area contributed by atoms with Gasteiger partial charge in [-0.3, -0.25) is 9.59 Å². The second-order valence-corrected chi connectivity index (χ2v) is 3.99. The molecule has 0 heterocycles. The van der Waals surface area contributed by atoms with E-state index < -0.39 is 23.8 Å². The Kier molecular flexibility index (Phi) is 5.67. The van der Waals surface area contributed by atoms with Crippen LogP contribution in [-0.2, 0) is 14.3 Å². The van der Waals surface area contributed by atoms with Gasteiger partial charge in [-0.25, -0.2) is 4.79 Å². The maximum atomic E-state index is 11.9. The molecule has 1 atom stereocenters. The van der Waals surface area contributed by atoms with E-state index in [0.717, 1.165) is 0 Å². The van der Waals surface area contributed by atoms with Crippen molar-refractivity contribution >= 4 is 23.5 Å². The lowest BCUT2D eigenvalue weighted by atomic mass is 10.0. The molecule has 0 aromatic heterocycles. The van der Waals surface area contributed by atoms with Crippen molar-refractivity contribution in [2.75, 3.05) is 19.0 Å². The van der Waals surface area contributed by atoms with Gasteiger partial charge in [0.05, 0.1) is 18.4 Å². The van der Waals surface area contributed by atoms with Crippen LogP contribution >= 0.6 is 0 Å². The highest BCUT2D eigenvalue weighted by molar-refractivity contribution is 6.07. The summed E-state index contributed by atoms with van der Waals surface area (Å²) in [6, 6.07) is 6.18. The molecule has 0 aliphatic heterocycles. The van der Waals surface area contributed by atoms with E-state index in [1.54, 1.807) is 12.1 Å². The van der Waals surface area contributed by atoms with Gasteiger partial charge in [0.1, 0.15) is 5.92 Å². The van der Waals surface area contributed by atoms with Crippen LogP contribution in [0.15, 0.2) is 24.3 Å². The van der Waals surface area contributed by atoms with Gasteiger partial charge in [-0.2, -0.15) is 0 Å². The molecule has 0 fully saturated rings. The van der Waals surface area contributed by atoms with Crippen molar-refractivity contribution in [3.63, 3.8) is 0 Å². The highest BCUT2D eigenvalue weighted by atomic mass is 16.5. The molecule has 0 bridgehead atoms. The Bertz CT molecular complexity index is 515. The van der Waals surface area contributed by atoms with Gasteiger partial charge in [0, 0.05) is 0 Å². The lowest BCUT2D eigenvalue weighted by Gasteiger charge is -2.13. The maximum Gasteiger partial charge on any atom is 0.339 e. The highest BCUT2D eigenvalue weighted by Crippen LogP contribution is 2.17. The molecule has 20 heavy (non-hydrogen) atoms. The monoisotopic (exact) mass is 280 g/mol. The summed E-state index contributed by atoms with van der Waals surface area (Å²) in [4.78, 5) is 34.4. The summed E-state index contributed by atoms with van der Waals surface area (Å²) in [5, 5.41) is 11.4. The van der Waals surface area contributed by atoms with E-state index >= 15 is 0 Å². The van der Waals surface area contributed by atoms with Crippen molar-refractivity contribution in [3.05, 3.63) is 29.8 Å². The van der Waals surface area contributed by atoms with E-state index in [1.807, 2.05) is 0 Å². The Morgan fingerprint density at radius 2 is 2.00 bits per heavy atom. The minimum Gasteiger partial charge on any atom is -0.481 e. The Morgan fingerprint density at radius 1 is 1.35 bits per heavy atom. The zero-order valence-corrected chi connectivity index (χ0v) is 11.0. The van der Waals surface area contributed by atoms with E-state index in [0.29, 0.717) is 0 Å². The number of rotatable bonds is 6. The second-order valence-electron chi connectivity index (χ2n) is 3.99. The third-order valence-corrected chi connectivity index (χ3v) is 2.66. The smallest absolute Gasteiger partial charge is 0.339 e. The molecule has 0 aliphatic carbocycles. The third-order valence-electron chi connectivity index (χ3n) is 2.66.